The lowest BCUT2D eigenvalue weighted by Gasteiger charge is -2.09. The summed E-state index contributed by atoms with van der Waals surface area (Å²) in [6.45, 7) is 4.46. The molecule has 4 rings (SSSR count). The first-order valence-electron chi connectivity index (χ1n) is 11.3. The van der Waals surface area contributed by atoms with Crippen molar-refractivity contribution in [3.8, 4) is 11.1 Å². The van der Waals surface area contributed by atoms with E-state index in [2.05, 4.69) is 74.5 Å². The van der Waals surface area contributed by atoms with Gasteiger partial charge in [0.05, 0.1) is 0 Å². The second-order valence-corrected chi connectivity index (χ2v) is 8.25. The van der Waals surface area contributed by atoms with Gasteiger partial charge in [-0.15, -0.1) is 0 Å². The SMILES string of the molecule is CCCCCCc1ccc(-c2cccc3c2C=C(c2ccc(CCC)o2)C3)cc1. The molecule has 0 amide bonds. The van der Waals surface area contributed by atoms with Gasteiger partial charge < -0.3 is 4.42 Å². The summed E-state index contributed by atoms with van der Waals surface area (Å²) in [4.78, 5) is 0. The van der Waals surface area contributed by atoms with Crippen LogP contribution < -0.4 is 0 Å². The molecule has 1 heteroatoms. The van der Waals surface area contributed by atoms with E-state index in [9.17, 15) is 0 Å². The predicted octanol–water partition coefficient (Wildman–Crippen LogP) is 8.12. The Labute approximate surface area is 175 Å². The molecule has 2 aromatic carbocycles. The van der Waals surface area contributed by atoms with Crippen molar-refractivity contribution in [2.75, 3.05) is 0 Å². The highest BCUT2D eigenvalue weighted by molar-refractivity contribution is 5.92. The summed E-state index contributed by atoms with van der Waals surface area (Å²) in [5, 5.41) is 0. The number of rotatable bonds is 9. The fraction of sp³-hybridized carbons (Fsp3) is 0.357. The molecule has 0 fully saturated rings. The molecule has 0 spiro atoms. The van der Waals surface area contributed by atoms with Gasteiger partial charge in [-0.1, -0.05) is 75.6 Å². The topological polar surface area (TPSA) is 13.1 Å². The third kappa shape index (κ3) is 4.56. The lowest BCUT2D eigenvalue weighted by molar-refractivity contribution is 0.495. The quantitative estimate of drug-likeness (QED) is 0.339. The molecule has 0 atom stereocenters. The van der Waals surface area contributed by atoms with Gasteiger partial charge in [-0.05, 0) is 70.9 Å². The van der Waals surface area contributed by atoms with E-state index < -0.39 is 0 Å². The monoisotopic (exact) mass is 384 g/mol. The average molecular weight is 385 g/mol. The third-order valence-corrected chi connectivity index (χ3v) is 5.95. The minimum Gasteiger partial charge on any atom is -0.461 e. The van der Waals surface area contributed by atoms with Gasteiger partial charge in [-0.3, -0.25) is 0 Å². The van der Waals surface area contributed by atoms with Crippen LogP contribution in [0.5, 0.6) is 0 Å². The zero-order valence-corrected chi connectivity index (χ0v) is 17.8. The number of aryl methyl sites for hydroxylation is 2. The molecule has 0 bridgehead atoms. The molecule has 150 valence electrons. The van der Waals surface area contributed by atoms with Gasteiger partial charge in [0.2, 0.25) is 0 Å². The smallest absolute Gasteiger partial charge is 0.130 e. The van der Waals surface area contributed by atoms with Crippen LogP contribution in [0.2, 0.25) is 0 Å². The summed E-state index contributed by atoms with van der Waals surface area (Å²) < 4.78 is 6.09. The molecule has 3 aromatic rings. The lowest BCUT2D eigenvalue weighted by atomic mass is 9.95. The van der Waals surface area contributed by atoms with Crippen molar-refractivity contribution in [3.63, 3.8) is 0 Å². The number of furan rings is 1. The van der Waals surface area contributed by atoms with Crippen LogP contribution in [0.3, 0.4) is 0 Å². The van der Waals surface area contributed by atoms with Crippen LogP contribution in [0.25, 0.3) is 22.8 Å². The maximum Gasteiger partial charge on any atom is 0.130 e. The van der Waals surface area contributed by atoms with E-state index in [1.807, 2.05) is 0 Å². The molecule has 1 nitrogen and oxygen atoms in total. The number of benzene rings is 2. The van der Waals surface area contributed by atoms with E-state index in [0.717, 1.165) is 30.8 Å². The largest absolute Gasteiger partial charge is 0.461 e. The van der Waals surface area contributed by atoms with Gasteiger partial charge in [-0.2, -0.15) is 0 Å². The van der Waals surface area contributed by atoms with Crippen LogP contribution in [0.15, 0.2) is 59.0 Å². The summed E-state index contributed by atoms with van der Waals surface area (Å²) in [7, 11) is 0. The van der Waals surface area contributed by atoms with E-state index in [4.69, 9.17) is 4.42 Å². The van der Waals surface area contributed by atoms with Crippen LogP contribution >= 0.6 is 0 Å². The highest BCUT2D eigenvalue weighted by Gasteiger charge is 2.19. The maximum absolute atomic E-state index is 6.09. The Kier molecular flexibility index (Phi) is 6.34. The average Bonchev–Trinajstić information content (AvgIpc) is 3.39. The van der Waals surface area contributed by atoms with Crippen LogP contribution in [-0.4, -0.2) is 0 Å². The van der Waals surface area contributed by atoms with Gasteiger partial charge in [0, 0.05) is 12.8 Å². The number of hydrogen-bond donors (Lipinski definition) is 0. The Morgan fingerprint density at radius 1 is 0.793 bits per heavy atom. The molecule has 1 aromatic heterocycles. The third-order valence-electron chi connectivity index (χ3n) is 5.95. The Morgan fingerprint density at radius 3 is 2.45 bits per heavy atom. The maximum atomic E-state index is 6.09. The normalized spacial score (nSPS) is 12.8. The van der Waals surface area contributed by atoms with Crippen molar-refractivity contribution in [2.45, 2.75) is 65.2 Å². The van der Waals surface area contributed by atoms with E-state index in [0.29, 0.717) is 0 Å². The zero-order chi connectivity index (χ0) is 20.1. The molecule has 0 radical (unpaired) electrons. The fourth-order valence-electron chi connectivity index (χ4n) is 4.32. The molecule has 0 aliphatic heterocycles. The molecule has 1 heterocycles. The van der Waals surface area contributed by atoms with Gasteiger partial charge >= 0.3 is 0 Å². The second kappa shape index (κ2) is 9.31. The molecule has 0 saturated heterocycles. The first-order valence-corrected chi connectivity index (χ1v) is 11.3. The van der Waals surface area contributed by atoms with Crippen molar-refractivity contribution in [3.05, 3.63) is 82.8 Å². The Hall–Kier alpha value is -2.54. The summed E-state index contributed by atoms with van der Waals surface area (Å²) in [6.07, 6.45) is 11.9. The van der Waals surface area contributed by atoms with Crippen LogP contribution in [0.4, 0.5) is 0 Å². The van der Waals surface area contributed by atoms with E-state index >= 15 is 0 Å². The van der Waals surface area contributed by atoms with Crippen molar-refractivity contribution in [1.29, 1.82) is 0 Å². The fourth-order valence-corrected chi connectivity index (χ4v) is 4.32. The molecular formula is C28H32O. The summed E-state index contributed by atoms with van der Waals surface area (Å²) >= 11 is 0. The Balaban J connectivity index is 1.53. The summed E-state index contributed by atoms with van der Waals surface area (Å²) in [5.41, 5.74) is 8.13. The van der Waals surface area contributed by atoms with Gasteiger partial charge in [0.15, 0.2) is 0 Å². The van der Waals surface area contributed by atoms with E-state index in [-0.39, 0.29) is 0 Å². The number of fused-ring (bicyclic) bond motifs is 1. The Morgan fingerprint density at radius 2 is 1.66 bits per heavy atom. The van der Waals surface area contributed by atoms with Crippen molar-refractivity contribution >= 4 is 11.6 Å². The standard InChI is InChI=1S/C28H32O/c1-3-5-6-7-10-21-13-15-22(16-14-21)26-12-8-11-23-19-24(20-27(23)26)28-18-17-25(29-28)9-4-2/h8,11-18,20H,3-7,9-10,19H2,1-2H3. The van der Waals surface area contributed by atoms with Crippen LogP contribution in [0, 0.1) is 0 Å². The first kappa shape index (κ1) is 19.8. The van der Waals surface area contributed by atoms with Gasteiger partial charge in [0.1, 0.15) is 11.5 Å². The minimum atomic E-state index is 0.956. The van der Waals surface area contributed by atoms with Crippen molar-refractivity contribution in [2.24, 2.45) is 0 Å². The van der Waals surface area contributed by atoms with Crippen molar-refractivity contribution < 1.29 is 4.42 Å². The molecule has 0 N–H and O–H groups in total. The lowest BCUT2D eigenvalue weighted by Crippen LogP contribution is -1.89. The molecule has 1 aliphatic carbocycles. The molecular weight excluding hydrogens is 352 g/mol. The minimum absolute atomic E-state index is 0.956. The van der Waals surface area contributed by atoms with Crippen LogP contribution in [-0.2, 0) is 19.3 Å². The van der Waals surface area contributed by atoms with Crippen LogP contribution in [0.1, 0.15) is 74.2 Å². The Bertz CT molecular complexity index is 972. The molecule has 0 saturated carbocycles. The summed E-state index contributed by atoms with van der Waals surface area (Å²) in [5.74, 6) is 2.12. The second-order valence-electron chi connectivity index (χ2n) is 8.25. The highest BCUT2D eigenvalue weighted by Crippen LogP contribution is 2.38. The zero-order valence-electron chi connectivity index (χ0n) is 17.8. The molecule has 0 unspecified atom stereocenters. The molecule has 29 heavy (non-hydrogen) atoms. The number of hydrogen-bond acceptors (Lipinski definition) is 1. The van der Waals surface area contributed by atoms with Crippen molar-refractivity contribution in [1.82, 2.24) is 0 Å². The predicted molar refractivity (Wildman–Crippen MR) is 124 cm³/mol. The van der Waals surface area contributed by atoms with Gasteiger partial charge in [-0.25, -0.2) is 0 Å². The first-order chi connectivity index (χ1) is 14.3. The van der Waals surface area contributed by atoms with E-state index in [1.54, 1.807) is 0 Å². The highest BCUT2D eigenvalue weighted by atomic mass is 16.3. The number of unbranched alkanes of at least 4 members (excludes halogenated alkanes) is 3. The summed E-state index contributed by atoms with van der Waals surface area (Å²) in [6, 6.07) is 20.2. The number of allylic oxidation sites excluding steroid dienone is 1. The van der Waals surface area contributed by atoms with Gasteiger partial charge in [0.25, 0.3) is 0 Å². The molecule has 1 aliphatic rings. The van der Waals surface area contributed by atoms with E-state index in [1.165, 1.54) is 65.5 Å².